The van der Waals surface area contributed by atoms with Gasteiger partial charge in [-0.3, -0.25) is 4.79 Å². The number of halogens is 1. The Balaban J connectivity index is 4.59. The smallest absolute Gasteiger partial charge is 0.341 e. The summed E-state index contributed by atoms with van der Waals surface area (Å²) in [4.78, 5) is 22.7. The Morgan fingerprint density at radius 2 is 2.00 bits per heavy atom. The van der Waals surface area contributed by atoms with Crippen molar-refractivity contribution in [2.45, 2.75) is 33.3 Å². The summed E-state index contributed by atoms with van der Waals surface area (Å²) < 4.78 is 4.94. The average Bonchev–Trinajstić information content (AvgIpc) is 2.11. The first-order valence-corrected chi connectivity index (χ1v) is 5.65. The zero-order valence-corrected chi connectivity index (χ0v) is 10.3. The molecule has 0 saturated heterocycles. The predicted octanol–water partition coefficient (Wildman–Crippen LogP) is 2.24. The summed E-state index contributed by atoms with van der Waals surface area (Å²) in [6.45, 7) is 5.37. The molecule has 4 heteroatoms. The van der Waals surface area contributed by atoms with E-state index >= 15 is 0 Å². The van der Waals surface area contributed by atoms with Crippen LogP contribution in [0.2, 0.25) is 0 Å². The van der Waals surface area contributed by atoms with Gasteiger partial charge in [-0.15, -0.1) is 0 Å². The summed E-state index contributed by atoms with van der Waals surface area (Å²) in [6, 6.07) is 0. The van der Waals surface area contributed by atoms with Crippen molar-refractivity contribution in [3.05, 3.63) is 11.6 Å². The van der Waals surface area contributed by atoms with E-state index in [9.17, 15) is 9.59 Å². The van der Waals surface area contributed by atoms with Gasteiger partial charge in [0.25, 0.3) is 0 Å². The number of ether oxygens (including phenoxy) is 1. The van der Waals surface area contributed by atoms with Crippen LogP contribution in [0.1, 0.15) is 27.2 Å². The van der Waals surface area contributed by atoms with Crippen LogP contribution < -0.4 is 0 Å². The highest BCUT2D eigenvalue weighted by Crippen LogP contribution is 2.06. The Morgan fingerprint density at radius 1 is 1.43 bits per heavy atom. The normalized spacial score (nSPS) is 11.6. The monoisotopic (exact) mass is 262 g/mol. The van der Waals surface area contributed by atoms with Crippen LogP contribution in [0, 0.1) is 0 Å². The molecule has 80 valence electrons. The van der Waals surface area contributed by atoms with Gasteiger partial charge in [-0.2, -0.15) is 0 Å². The largest absolute Gasteiger partial charge is 0.459 e. The zero-order chi connectivity index (χ0) is 11.1. The van der Waals surface area contributed by atoms with Gasteiger partial charge in [0.2, 0.25) is 0 Å². The number of rotatable bonds is 5. The molecule has 0 aliphatic heterocycles. The molecule has 0 bridgehead atoms. The molecule has 0 aromatic carbocycles. The Hall–Kier alpha value is -0.640. The van der Waals surface area contributed by atoms with Gasteiger partial charge in [0.05, 0.1) is 17.0 Å². The topological polar surface area (TPSA) is 43.4 Å². The maximum atomic E-state index is 11.4. The molecule has 3 nitrogen and oxygen atoms in total. The third-order valence-electron chi connectivity index (χ3n) is 1.39. The second kappa shape index (κ2) is 6.76. The van der Waals surface area contributed by atoms with E-state index in [1.807, 2.05) is 6.92 Å². The Labute approximate surface area is 92.6 Å². The van der Waals surface area contributed by atoms with Crippen molar-refractivity contribution >= 4 is 27.7 Å². The van der Waals surface area contributed by atoms with Crippen LogP contribution in [0.5, 0.6) is 0 Å². The van der Waals surface area contributed by atoms with Crippen LogP contribution >= 0.6 is 15.9 Å². The standard InChI is InChI=1S/C10H15BrO3/c1-4-5-8(9(12)6-11)10(13)14-7(2)3/h5,7H,4,6H2,1-3H3. The lowest BCUT2D eigenvalue weighted by molar-refractivity contribution is -0.143. The number of allylic oxidation sites excluding steroid dienone is 1. The molecule has 0 rings (SSSR count). The fourth-order valence-electron chi connectivity index (χ4n) is 0.865. The Bertz CT molecular complexity index is 244. The number of hydrogen-bond acceptors (Lipinski definition) is 3. The summed E-state index contributed by atoms with van der Waals surface area (Å²) in [5.41, 5.74) is 0.137. The van der Waals surface area contributed by atoms with Crippen molar-refractivity contribution in [3.63, 3.8) is 0 Å². The number of Topliss-reactive ketones (excluding diaryl/α,β-unsaturated/α-hetero) is 1. The Kier molecular flexibility index (Phi) is 6.45. The number of alkyl halides is 1. The van der Waals surface area contributed by atoms with E-state index in [-0.39, 0.29) is 22.8 Å². The number of esters is 1. The minimum absolute atomic E-state index is 0.137. The molecule has 0 aromatic heterocycles. The molecule has 0 N–H and O–H groups in total. The van der Waals surface area contributed by atoms with Crippen molar-refractivity contribution in [2.24, 2.45) is 0 Å². The molecule has 0 saturated carbocycles. The molecule has 0 fully saturated rings. The lowest BCUT2D eigenvalue weighted by atomic mass is 10.1. The first kappa shape index (κ1) is 13.4. The van der Waals surface area contributed by atoms with Gasteiger partial charge in [-0.25, -0.2) is 4.79 Å². The summed E-state index contributed by atoms with van der Waals surface area (Å²) in [5, 5.41) is 0.145. The van der Waals surface area contributed by atoms with E-state index in [4.69, 9.17) is 4.74 Å². The van der Waals surface area contributed by atoms with E-state index in [1.54, 1.807) is 19.9 Å². The van der Waals surface area contributed by atoms with Gasteiger partial charge in [0.1, 0.15) is 0 Å². The highest BCUT2D eigenvalue weighted by molar-refractivity contribution is 9.09. The first-order chi connectivity index (χ1) is 6.52. The second-order valence-corrected chi connectivity index (χ2v) is 3.60. The molecule has 0 unspecified atom stereocenters. The number of carbonyl (C=O) groups is 2. The molecule has 14 heavy (non-hydrogen) atoms. The van der Waals surface area contributed by atoms with Gasteiger partial charge in [-0.1, -0.05) is 28.9 Å². The minimum Gasteiger partial charge on any atom is -0.459 e. The fourth-order valence-corrected chi connectivity index (χ4v) is 1.17. The van der Waals surface area contributed by atoms with E-state index in [1.165, 1.54) is 0 Å². The van der Waals surface area contributed by atoms with E-state index in [0.29, 0.717) is 6.42 Å². The summed E-state index contributed by atoms with van der Waals surface area (Å²) in [6.07, 6.45) is 2.03. The summed E-state index contributed by atoms with van der Waals surface area (Å²) in [7, 11) is 0. The average molecular weight is 263 g/mol. The van der Waals surface area contributed by atoms with Crippen LogP contribution in [-0.4, -0.2) is 23.2 Å². The molecule has 0 aromatic rings. The first-order valence-electron chi connectivity index (χ1n) is 4.53. The van der Waals surface area contributed by atoms with Crippen LogP contribution in [-0.2, 0) is 14.3 Å². The van der Waals surface area contributed by atoms with Crippen LogP contribution in [0.25, 0.3) is 0 Å². The highest BCUT2D eigenvalue weighted by Gasteiger charge is 2.18. The van der Waals surface area contributed by atoms with E-state index < -0.39 is 5.97 Å². The maximum Gasteiger partial charge on any atom is 0.341 e. The van der Waals surface area contributed by atoms with E-state index in [2.05, 4.69) is 15.9 Å². The summed E-state index contributed by atoms with van der Waals surface area (Å²) in [5.74, 6) is -0.774. The summed E-state index contributed by atoms with van der Waals surface area (Å²) >= 11 is 3.02. The number of carbonyl (C=O) groups excluding carboxylic acids is 2. The molecule has 0 spiro atoms. The molecule has 0 aliphatic carbocycles. The highest BCUT2D eigenvalue weighted by atomic mass is 79.9. The van der Waals surface area contributed by atoms with Gasteiger partial charge < -0.3 is 4.74 Å². The van der Waals surface area contributed by atoms with Crippen molar-refractivity contribution in [1.82, 2.24) is 0 Å². The van der Waals surface area contributed by atoms with Crippen LogP contribution in [0.3, 0.4) is 0 Å². The van der Waals surface area contributed by atoms with Crippen molar-refractivity contribution in [1.29, 1.82) is 0 Å². The van der Waals surface area contributed by atoms with Gasteiger partial charge >= 0.3 is 5.97 Å². The maximum absolute atomic E-state index is 11.4. The molecule has 0 atom stereocenters. The molecule has 0 aliphatic rings. The lowest BCUT2D eigenvalue weighted by Gasteiger charge is -2.09. The zero-order valence-electron chi connectivity index (χ0n) is 8.67. The van der Waals surface area contributed by atoms with E-state index in [0.717, 1.165) is 0 Å². The third-order valence-corrected chi connectivity index (χ3v) is 1.90. The van der Waals surface area contributed by atoms with Gasteiger partial charge in [0.15, 0.2) is 5.78 Å². The third kappa shape index (κ3) is 4.56. The number of hydrogen-bond donors (Lipinski definition) is 0. The SMILES string of the molecule is CCC=C(C(=O)CBr)C(=O)OC(C)C. The molecule has 0 amide bonds. The molecular weight excluding hydrogens is 248 g/mol. The molecule has 0 radical (unpaired) electrons. The Morgan fingerprint density at radius 3 is 2.36 bits per heavy atom. The van der Waals surface area contributed by atoms with Crippen molar-refractivity contribution < 1.29 is 14.3 Å². The number of ketones is 1. The van der Waals surface area contributed by atoms with Crippen LogP contribution in [0.4, 0.5) is 0 Å². The quantitative estimate of drug-likeness (QED) is 0.251. The lowest BCUT2D eigenvalue weighted by Crippen LogP contribution is -2.20. The van der Waals surface area contributed by atoms with Crippen molar-refractivity contribution in [3.8, 4) is 0 Å². The van der Waals surface area contributed by atoms with Gasteiger partial charge in [0, 0.05) is 0 Å². The van der Waals surface area contributed by atoms with Gasteiger partial charge in [-0.05, 0) is 20.3 Å². The molecule has 0 heterocycles. The second-order valence-electron chi connectivity index (χ2n) is 3.04. The molecular formula is C10H15BrO3. The predicted molar refractivity (Wildman–Crippen MR) is 58.4 cm³/mol. The fraction of sp³-hybridized carbons (Fsp3) is 0.600. The van der Waals surface area contributed by atoms with Crippen molar-refractivity contribution in [2.75, 3.05) is 5.33 Å². The minimum atomic E-state index is -0.536. The van der Waals surface area contributed by atoms with Crippen LogP contribution in [0.15, 0.2) is 11.6 Å².